The molecular weight excluding hydrogens is 783 g/mol. The fraction of sp³-hybridized carbons (Fsp3) is 0.857. The molecule has 2 heterocycles. The van der Waals surface area contributed by atoms with Crippen LogP contribution in [-0.2, 0) is 38.1 Å². The summed E-state index contributed by atoms with van der Waals surface area (Å²) in [6, 6.07) is 0. The predicted octanol–water partition coefficient (Wildman–Crippen LogP) is 1.86. The molecule has 16 nitrogen and oxygen atoms in total. The molecule has 4 saturated carbocycles. The quantitative estimate of drug-likeness (QED) is 0.134. The summed E-state index contributed by atoms with van der Waals surface area (Å²) in [5.74, 6) is -4.47. The summed E-state index contributed by atoms with van der Waals surface area (Å²) in [6.45, 7) is 14.8. The first-order valence-corrected chi connectivity index (χ1v) is 20.7. The van der Waals surface area contributed by atoms with E-state index in [2.05, 4.69) is 27.7 Å². The van der Waals surface area contributed by atoms with E-state index in [1.165, 1.54) is 0 Å². The number of carbonyl (C=O) groups excluding carboxylic acids is 1. The number of aliphatic hydroxyl groups excluding tert-OH is 5. The summed E-state index contributed by atoms with van der Waals surface area (Å²) in [7, 11) is 0. The minimum Gasteiger partial charge on any atom is -0.481 e. The summed E-state index contributed by atoms with van der Waals surface area (Å²) in [5.41, 5.74) is -1.81. The summed E-state index contributed by atoms with van der Waals surface area (Å²) < 4.78 is 23.4. The van der Waals surface area contributed by atoms with Gasteiger partial charge in [-0.05, 0) is 110 Å². The second-order valence-corrected chi connectivity index (χ2v) is 20.6. The van der Waals surface area contributed by atoms with E-state index in [1.807, 2.05) is 26.8 Å². The molecule has 6 fully saturated rings. The van der Waals surface area contributed by atoms with Crippen molar-refractivity contribution in [2.75, 3.05) is 0 Å². The van der Waals surface area contributed by atoms with Crippen molar-refractivity contribution >= 4 is 53.2 Å². The van der Waals surface area contributed by atoms with E-state index in [9.17, 15) is 60.0 Å². The molecule has 0 aromatic rings. The van der Waals surface area contributed by atoms with Crippen molar-refractivity contribution in [3.8, 4) is 0 Å². The van der Waals surface area contributed by atoms with Gasteiger partial charge in [0.05, 0.1) is 11.5 Å². The van der Waals surface area contributed by atoms with Crippen LogP contribution in [0.5, 0.6) is 0 Å². The molecule has 8 N–H and O–H groups in total. The van der Waals surface area contributed by atoms with Crippen LogP contribution in [0.3, 0.4) is 0 Å². The Bertz CT molecular complexity index is 1740. The number of rotatable bonds is 7. The molecule has 1 radical (unpaired) electrons. The van der Waals surface area contributed by atoms with Gasteiger partial charge in [-0.15, -0.1) is 0 Å². The fourth-order valence-electron chi connectivity index (χ4n) is 13.4. The first kappa shape index (κ1) is 47.0. The maximum absolute atomic E-state index is 14.8. The van der Waals surface area contributed by atoms with Gasteiger partial charge in [0.15, 0.2) is 30.6 Å². The molecule has 0 spiro atoms. The Balaban J connectivity index is 0.00000585. The first-order valence-electron chi connectivity index (χ1n) is 20.7. The molecule has 0 aromatic carbocycles. The van der Waals surface area contributed by atoms with E-state index in [1.54, 1.807) is 0 Å². The third-order valence-electron chi connectivity index (χ3n) is 17.2. The summed E-state index contributed by atoms with van der Waals surface area (Å²) in [5, 5.41) is 83.0. The SMILES string of the molecule is CC1(C)[C@@H](O[C@H]2O[C@H](C(=O)O)[C@@H](O)[C@H](O)[C@H]2O[C@@H]2O[C@H](C(=O)O)[C@@H](O)[C@H](O)[C@H]2O)CC[C@]2(C)[C@H]3C(=O)C=C4[C@@H]5C[C@@](C)(C(=O)O)CC[C@]5(C)CC[C@@]4(C)[C@]3(C)CC[C@@H]12.[Na]. The third-order valence-corrected chi connectivity index (χ3v) is 17.2. The number of hydrogen-bond acceptors (Lipinski definition) is 13. The van der Waals surface area contributed by atoms with Crippen LogP contribution in [0.2, 0.25) is 0 Å². The van der Waals surface area contributed by atoms with Gasteiger partial charge in [0.25, 0.3) is 0 Å². The molecule has 2 saturated heterocycles. The predicted molar refractivity (Wildman–Crippen MR) is 205 cm³/mol. The van der Waals surface area contributed by atoms with Crippen molar-refractivity contribution in [1.82, 2.24) is 0 Å². The van der Waals surface area contributed by atoms with Crippen molar-refractivity contribution in [3.63, 3.8) is 0 Å². The van der Waals surface area contributed by atoms with Crippen molar-refractivity contribution in [3.05, 3.63) is 11.6 Å². The third kappa shape index (κ3) is 7.02. The molecular formula is C42H62NaO16. The summed E-state index contributed by atoms with van der Waals surface area (Å²) in [4.78, 5) is 51.3. The molecule has 0 aromatic heterocycles. The number of carboxylic acid groups (broad SMARTS) is 3. The van der Waals surface area contributed by atoms with Crippen molar-refractivity contribution in [2.24, 2.45) is 50.2 Å². The van der Waals surface area contributed by atoms with E-state index >= 15 is 0 Å². The molecule has 19 atom stereocenters. The number of aliphatic hydroxyl groups is 5. The van der Waals surface area contributed by atoms with Gasteiger partial charge in [-0.2, -0.15) is 0 Å². The van der Waals surface area contributed by atoms with E-state index in [0.717, 1.165) is 37.7 Å². The number of carboxylic acids is 3. The van der Waals surface area contributed by atoms with Crippen LogP contribution in [-0.4, -0.2) is 162 Å². The Morgan fingerprint density at radius 2 is 1.27 bits per heavy atom. The zero-order valence-corrected chi connectivity index (χ0v) is 37.4. The van der Waals surface area contributed by atoms with Crippen molar-refractivity contribution in [2.45, 2.75) is 174 Å². The zero-order chi connectivity index (χ0) is 42.9. The average molecular weight is 846 g/mol. The van der Waals surface area contributed by atoms with Gasteiger partial charge in [0.2, 0.25) is 0 Å². The van der Waals surface area contributed by atoms with Crippen LogP contribution in [0.15, 0.2) is 11.6 Å². The molecule has 327 valence electrons. The molecule has 17 heteroatoms. The average Bonchev–Trinajstić information content (AvgIpc) is 3.13. The molecule has 5 aliphatic carbocycles. The van der Waals surface area contributed by atoms with Gasteiger partial charge < -0.3 is 59.8 Å². The van der Waals surface area contributed by atoms with E-state index in [4.69, 9.17) is 18.9 Å². The van der Waals surface area contributed by atoms with Gasteiger partial charge in [-0.3, -0.25) is 9.59 Å². The minimum absolute atomic E-state index is 0. The zero-order valence-electron chi connectivity index (χ0n) is 35.4. The van der Waals surface area contributed by atoms with E-state index in [0.29, 0.717) is 25.7 Å². The molecule has 0 bridgehead atoms. The van der Waals surface area contributed by atoms with Gasteiger partial charge in [-0.1, -0.05) is 47.1 Å². The van der Waals surface area contributed by atoms with Crippen LogP contribution in [0.4, 0.5) is 0 Å². The molecule has 0 amide bonds. The first-order chi connectivity index (χ1) is 26.8. The largest absolute Gasteiger partial charge is 0.481 e. The number of ether oxygens (including phenoxy) is 4. The van der Waals surface area contributed by atoms with Gasteiger partial charge in [0, 0.05) is 35.5 Å². The van der Waals surface area contributed by atoms with Crippen LogP contribution >= 0.6 is 0 Å². The van der Waals surface area contributed by atoms with Gasteiger partial charge in [-0.25, -0.2) is 9.59 Å². The maximum Gasteiger partial charge on any atom is 0.335 e. The Morgan fingerprint density at radius 3 is 1.86 bits per heavy atom. The van der Waals surface area contributed by atoms with Crippen LogP contribution in [0.25, 0.3) is 0 Å². The monoisotopic (exact) mass is 845 g/mol. The topological polar surface area (TPSA) is 267 Å². The number of hydrogen-bond donors (Lipinski definition) is 8. The summed E-state index contributed by atoms with van der Waals surface area (Å²) >= 11 is 0. The Kier molecular flexibility index (Phi) is 12.4. The molecule has 59 heavy (non-hydrogen) atoms. The number of allylic oxidation sites excluding steroid dienone is 2. The van der Waals surface area contributed by atoms with Crippen molar-refractivity contribution < 1.29 is 79.0 Å². The number of fused-ring (bicyclic) bond motifs is 7. The van der Waals surface area contributed by atoms with Gasteiger partial charge >= 0.3 is 17.9 Å². The normalized spacial score (nSPS) is 51.7. The molecule has 0 unspecified atom stereocenters. The van der Waals surface area contributed by atoms with Crippen LogP contribution in [0.1, 0.15) is 106 Å². The second kappa shape index (κ2) is 15.6. The Hall–Kier alpha value is -1.54. The number of aliphatic carboxylic acids is 3. The Labute approximate surface area is 366 Å². The smallest absolute Gasteiger partial charge is 0.335 e. The number of ketones is 1. The van der Waals surface area contributed by atoms with Crippen LogP contribution < -0.4 is 0 Å². The fourth-order valence-corrected chi connectivity index (χ4v) is 13.4. The molecule has 7 aliphatic rings. The van der Waals surface area contributed by atoms with E-state index < -0.39 is 107 Å². The standard InChI is InChI=1S/C42H62O16.Na/c1-37(2)21-8-11-42(7)31(20(43)16-18-19-17-39(4,36(53)54)13-12-38(19,3)14-15-41(18,42)6)40(21,5)10-9-22(37)55-35-30(26(47)25(46)29(57-35)33(51)52)58-34-27(48)23(44)24(45)28(56-34)32(49)50;/h16,19,21-31,34-35,44-48H,8-15,17H2,1-7H3,(H,49,50)(H,51,52)(H,53,54);/t19-,21-,22-,23-,24-,25-,26-,27+,28-,29-,30+,31+,34-,35-,38+,39-,40-,41+,42+;/m0./s1. The van der Waals surface area contributed by atoms with Gasteiger partial charge in [0.1, 0.15) is 36.6 Å². The summed E-state index contributed by atoms with van der Waals surface area (Å²) in [6.07, 6.45) is -12.2. The van der Waals surface area contributed by atoms with Crippen molar-refractivity contribution in [1.29, 1.82) is 0 Å². The van der Waals surface area contributed by atoms with E-state index in [-0.39, 0.29) is 63.9 Å². The number of carbonyl (C=O) groups is 4. The van der Waals surface area contributed by atoms with Crippen LogP contribution in [0, 0.1) is 50.2 Å². The maximum atomic E-state index is 14.8. The Morgan fingerprint density at radius 1 is 0.695 bits per heavy atom. The molecule has 7 rings (SSSR count). The molecule has 2 aliphatic heterocycles. The second-order valence-electron chi connectivity index (χ2n) is 20.6. The minimum atomic E-state index is -2.05.